The van der Waals surface area contributed by atoms with Crippen LogP contribution >= 0.6 is 0 Å². The zero-order valence-electron chi connectivity index (χ0n) is 23.5. The predicted molar refractivity (Wildman–Crippen MR) is 179 cm³/mol. The zero-order valence-corrected chi connectivity index (χ0v) is 23.5. The van der Waals surface area contributed by atoms with Crippen molar-refractivity contribution in [2.24, 2.45) is 0 Å². The molecule has 0 aliphatic carbocycles. The van der Waals surface area contributed by atoms with Crippen molar-refractivity contribution in [2.45, 2.75) is 0 Å². The lowest BCUT2D eigenvalue weighted by Gasteiger charge is -2.29. The summed E-state index contributed by atoms with van der Waals surface area (Å²) in [6.07, 6.45) is 0. The van der Waals surface area contributed by atoms with Gasteiger partial charge in [-0.25, -0.2) is 0 Å². The molecule has 3 heteroatoms. The molecule has 204 valence electrons. The van der Waals surface area contributed by atoms with E-state index in [1.165, 1.54) is 5.56 Å². The molecule has 0 unspecified atom stereocenters. The standard InChI is InChI=1S/C40H28N2O/c1-5-15-30(16-6-1)41(31-17-7-2-8-18-31)34-24-25-36-37-23-13-14-29-26-35(28-39(40(29)37)43-38(36)27-34)42(32-19-9-3-10-20-32)33-21-11-4-12-22-33/h1-28H. The van der Waals surface area contributed by atoms with E-state index < -0.39 is 0 Å². The highest BCUT2D eigenvalue weighted by molar-refractivity contribution is 6.06. The summed E-state index contributed by atoms with van der Waals surface area (Å²) < 4.78 is 6.82. The van der Waals surface area contributed by atoms with Gasteiger partial charge < -0.3 is 14.5 Å². The van der Waals surface area contributed by atoms with E-state index in [4.69, 9.17) is 4.74 Å². The molecule has 43 heavy (non-hydrogen) atoms. The summed E-state index contributed by atoms with van der Waals surface area (Å²) in [5.41, 5.74) is 8.74. The number of anilines is 6. The Morgan fingerprint density at radius 2 is 0.814 bits per heavy atom. The highest BCUT2D eigenvalue weighted by Gasteiger charge is 2.24. The monoisotopic (exact) mass is 552 g/mol. The lowest BCUT2D eigenvalue weighted by molar-refractivity contribution is 0.487. The predicted octanol–water partition coefficient (Wildman–Crippen LogP) is 11.6. The summed E-state index contributed by atoms with van der Waals surface area (Å²) in [5.74, 6) is 1.70. The van der Waals surface area contributed by atoms with Gasteiger partial charge >= 0.3 is 0 Å². The first-order valence-corrected chi connectivity index (χ1v) is 14.5. The van der Waals surface area contributed by atoms with Crippen LogP contribution in [-0.2, 0) is 0 Å². The molecule has 0 N–H and O–H groups in total. The molecule has 0 radical (unpaired) electrons. The van der Waals surface area contributed by atoms with Crippen LogP contribution in [0.25, 0.3) is 21.9 Å². The van der Waals surface area contributed by atoms with E-state index >= 15 is 0 Å². The van der Waals surface area contributed by atoms with Crippen LogP contribution in [0.2, 0.25) is 0 Å². The van der Waals surface area contributed by atoms with Crippen LogP contribution in [0, 0.1) is 0 Å². The van der Waals surface area contributed by atoms with Crippen molar-refractivity contribution in [1.29, 1.82) is 0 Å². The van der Waals surface area contributed by atoms with Crippen LogP contribution in [0.5, 0.6) is 11.5 Å². The van der Waals surface area contributed by atoms with Gasteiger partial charge in [0.05, 0.1) is 5.69 Å². The van der Waals surface area contributed by atoms with E-state index in [2.05, 4.69) is 168 Å². The summed E-state index contributed by atoms with van der Waals surface area (Å²) in [4.78, 5) is 4.55. The smallest absolute Gasteiger partial charge is 0.138 e. The van der Waals surface area contributed by atoms with Gasteiger partial charge in [0.1, 0.15) is 11.5 Å². The Labute approximate surface area is 251 Å². The third-order valence-corrected chi connectivity index (χ3v) is 7.97. The number of hydrogen-bond acceptors (Lipinski definition) is 3. The first-order valence-electron chi connectivity index (χ1n) is 14.5. The Kier molecular flexibility index (Phi) is 6.12. The summed E-state index contributed by atoms with van der Waals surface area (Å²) in [6.45, 7) is 0. The van der Waals surface area contributed by atoms with E-state index in [1.807, 2.05) is 12.1 Å². The van der Waals surface area contributed by atoms with Gasteiger partial charge in [-0.05, 0) is 77.7 Å². The average molecular weight is 553 g/mol. The lowest BCUT2D eigenvalue weighted by Crippen LogP contribution is -2.11. The molecule has 0 saturated heterocycles. The molecular weight excluding hydrogens is 524 g/mol. The fourth-order valence-electron chi connectivity index (χ4n) is 6.09. The third kappa shape index (κ3) is 4.48. The van der Waals surface area contributed by atoms with E-state index in [1.54, 1.807) is 0 Å². The number of rotatable bonds is 6. The van der Waals surface area contributed by atoms with Crippen molar-refractivity contribution in [3.63, 3.8) is 0 Å². The lowest BCUT2D eigenvalue weighted by atomic mass is 9.93. The van der Waals surface area contributed by atoms with Crippen LogP contribution < -0.4 is 14.5 Å². The molecule has 0 atom stereocenters. The van der Waals surface area contributed by atoms with Crippen molar-refractivity contribution in [3.05, 3.63) is 170 Å². The molecule has 0 aromatic heterocycles. The summed E-state index contributed by atoms with van der Waals surface area (Å²) >= 11 is 0. The van der Waals surface area contributed by atoms with Gasteiger partial charge in [-0.1, -0.05) is 91.0 Å². The van der Waals surface area contributed by atoms with Gasteiger partial charge in [-0.15, -0.1) is 0 Å². The summed E-state index contributed by atoms with van der Waals surface area (Å²) in [6, 6.07) is 59.4. The Bertz CT molecular complexity index is 1960. The van der Waals surface area contributed by atoms with Crippen molar-refractivity contribution >= 4 is 44.9 Å². The van der Waals surface area contributed by atoms with Crippen LogP contribution in [-0.4, -0.2) is 0 Å². The maximum atomic E-state index is 6.82. The van der Waals surface area contributed by atoms with Crippen LogP contribution in [0.15, 0.2) is 170 Å². The van der Waals surface area contributed by atoms with Crippen molar-refractivity contribution in [3.8, 4) is 22.6 Å². The maximum absolute atomic E-state index is 6.82. The van der Waals surface area contributed by atoms with Crippen molar-refractivity contribution < 1.29 is 4.74 Å². The molecule has 0 bridgehead atoms. The largest absolute Gasteiger partial charge is 0.456 e. The van der Waals surface area contributed by atoms with Gasteiger partial charge in [-0.3, -0.25) is 0 Å². The van der Waals surface area contributed by atoms with Crippen LogP contribution in [0.3, 0.4) is 0 Å². The number of fused-ring (bicyclic) bond motifs is 2. The molecule has 1 aliphatic rings. The first kappa shape index (κ1) is 25.0. The number of ether oxygens (including phenoxy) is 1. The average Bonchev–Trinajstić information content (AvgIpc) is 3.07. The molecule has 1 aliphatic heterocycles. The van der Waals surface area contributed by atoms with Crippen molar-refractivity contribution in [1.82, 2.24) is 0 Å². The normalized spacial score (nSPS) is 11.4. The van der Waals surface area contributed by atoms with Gasteiger partial charge in [0.2, 0.25) is 0 Å². The molecular formula is C40H28N2O. The highest BCUT2D eigenvalue weighted by atomic mass is 16.5. The molecule has 7 aromatic carbocycles. The Balaban J connectivity index is 1.28. The minimum absolute atomic E-state index is 0.845. The molecule has 0 spiro atoms. The summed E-state index contributed by atoms with van der Waals surface area (Å²) in [7, 11) is 0. The molecule has 3 nitrogen and oxygen atoms in total. The zero-order chi connectivity index (χ0) is 28.6. The maximum Gasteiger partial charge on any atom is 0.138 e. The second-order valence-electron chi connectivity index (χ2n) is 10.6. The van der Waals surface area contributed by atoms with Crippen LogP contribution in [0.1, 0.15) is 0 Å². The minimum Gasteiger partial charge on any atom is -0.456 e. The Morgan fingerprint density at radius 1 is 0.326 bits per heavy atom. The fourth-order valence-corrected chi connectivity index (χ4v) is 6.09. The SMILES string of the molecule is c1ccc(N(c2ccccc2)c2ccc3c(c2)Oc2cc(N(c4ccccc4)c4ccccc4)cc4cccc-3c24)cc1. The number of nitrogens with zero attached hydrogens (tertiary/aromatic N) is 2. The molecule has 0 amide bonds. The molecule has 1 heterocycles. The quantitative estimate of drug-likeness (QED) is 0.204. The van der Waals surface area contributed by atoms with E-state index in [-0.39, 0.29) is 0 Å². The molecule has 0 saturated carbocycles. The molecule has 0 fully saturated rings. The second kappa shape index (κ2) is 10.6. The van der Waals surface area contributed by atoms with E-state index in [0.717, 1.165) is 62.0 Å². The summed E-state index contributed by atoms with van der Waals surface area (Å²) in [5, 5.41) is 2.28. The van der Waals surface area contributed by atoms with Gasteiger partial charge in [0.15, 0.2) is 0 Å². The highest BCUT2D eigenvalue weighted by Crippen LogP contribution is 2.51. The third-order valence-electron chi connectivity index (χ3n) is 7.97. The number of hydrogen-bond donors (Lipinski definition) is 0. The van der Waals surface area contributed by atoms with Gasteiger partial charge in [0, 0.05) is 51.5 Å². The second-order valence-corrected chi connectivity index (χ2v) is 10.6. The van der Waals surface area contributed by atoms with Gasteiger partial charge in [-0.2, -0.15) is 0 Å². The van der Waals surface area contributed by atoms with Crippen molar-refractivity contribution in [2.75, 3.05) is 9.80 Å². The van der Waals surface area contributed by atoms with Gasteiger partial charge in [0.25, 0.3) is 0 Å². The molecule has 8 rings (SSSR count). The minimum atomic E-state index is 0.845. The first-order chi connectivity index (χ1) is 21.3. The van der Waals surface area contributed by atoms with Crippen LogP contribution in [0.4, 0.5) is 34.1 Å². The molecule has 7 aromatic rings. The Morgan fingerprint density at radius 3 is 1.35 bits per heavy atom. The Hall–Kier alpha value is -5.80. The van der Waals surface area contributed by atoms with E-state index in [0.29, 0.717) is 0 Å². The number of para-hydroxylation sites is 4. The van der Waals surface area contributed by atoms with E-state index in [9.17, 15) is 0 Å². The topological polar surface area (TPSA) is 15.7 Å². The fraction of sp³-hybridized carbons (Fsp3) is 0. The number of benzene rings is 7.